The molecule has 3 aromatic rings. The number of carbonyl (C=O) groups excluding carboxylic acids is 1. The quantitative estimate of drug-likeness (QED) is 0.368. The summed E-state index contributed by atoms with van der Waals surface area (Å²) in [6.07, 6.45) is 1.56. The molecule has 0 fully saturated rings. The van der Waals surface area contributed by atoms with E-state index in [1.54, 1.807) is 25.3 Å². The molecule has 0 bridgehead atoms. The fourth-order valence-corrected chi connectivity index (χ4v) is 3.26. The molecule has 0 saturated heterocycles. The summed E-state index contributed by atoms with van der Waals surface area (Å²) >= 11 is 7.25. The minimum Gasteiger partial charge on any atom is -0.463 e. The Morgan fingerprint density at radius 1 is 1.30 bits per heavy atom. The minimum absolute atomic E-state index is 0.174. The number of carbonyl (C=O) groups is 1. The fourth-order valence-electron chi connectivity index (χ4n) is 2.34. The van der Waals surface area contributed by atoms with Gasteiger partial charge in [-0.1, -0.05) is 23.4 Å². The molecule has 2 aromatic heterocycles. The highest BCUT2D eigenvalue weighted by molar-refractivity contribution is 7.99. The van der Waals surface area contributed by atoms with Gasteiger partial charge in [0.25, 0.3) is 5.91 Å². The zero-order valence-corrected chi connectivity index (χ0v) is 16.4. The van der Waals surface area contributed by atoms with Gasteiger partial charge < -0.3 is 8.98 Å². The van der Waals surface area contributed by atoms with Crippen molar-refractivity contribution in [1.82, 2.24) is 20.2 Å². The second-order valence-corrected chi connectivity index (χ2v) is 6.93. The standard InChI is InChI=1S/C18H18ClN5O2S/c1-3-24-17(13-6-8-14(19)9-7-13)22-23-18(24)27-11-16(25)21-20-12(2)15-5-4-10-26-15/h4-10H,3,11H2,1-2H3,(H,21,25)/b20-12+. The number of hydrogen-bond acceptors (Lipinski definition) is 6. The number of nitrogens with zero attached hydrogens (tertiary/aromatic N) is 4. The fraction of sp³-hybridized carbons (Fsp3) is 0.222. The highest BCUT2D eigenvalue weighted by Gasteiger charge is 2.14. The first-order valence-corrected chi connectivity index (χ1v) is 9.63. The Hall–Kier alpha value is -2.58. The van der Waals surface area contributed by atoms with Crippen molar-refractivity contribution in [2.24, 2.45) is 5.10 Å². The largest absolute Gasteiger partial charge is 0.463 e. The molecule has 1 amide bonds. The summed E-state index contributed by atoms with van der Waals surface area (Å²) in [6.45, 7) is 4.45. The molecule has 0 radical (unpaired) electrons. The van der Waals surface area contributed by atoms with Crippen LogP contribution in [0.1, 0.15) is 19.6 Å². The average molecular weight is 404 g/mol. The zero-order chi connectivity index (χ0) is 19.2. The highest BCUT2D eigenvalue weighted by Crippen LogP contribution is 2.25. The van der Waals surface area contributed by atoms with Crippen LogP contribution in [0.5, 0.6) is 0 Å². The maximum atomic E-state index is 12.1. The van der Waals surface area contributed by atoms with Gasteiger partial charge in [0.15, 0.2) is 11.0 Å². The van der Waals surface area contributed by atoms with Crippen molar-refractivity contribution in [1.29, 1.82) is 0 Å². The zero-order valence-electron chi connectivity index (χ0n) is 14.8. The van der Waals surface area contributed by atoms with Crippen LogP contribution in [0.25, 0.3) is 11.4 Å². The molecule has 9 heteroatoms. The first kappa shape index (κ1) is 19.2. The normalized spacial score (nSPS) is 11.6. The number of hydrazone groups is 1. The second kappa shape index (κ2) is 8.88. The molecule has 7 nitrogen and oxygen atoms in total. The van der Waals surface area contributed by atoms with E-state index in [4.69, 9.17) is 16.0 Å². The van der Waals surface area contributed by atoms with Crippen LogP contribution in [0.15, 0.2) is 57.3 Å². The Morgan fingerprint density at radius 2 is 2.07 bits per heavy atom. The molecule has 3 rings (SSSR count). The van der Waals surface area contributed by atoms with Gasteiger partial charge in [0.05, 0.1) is 12.0 Å². The van der Waals surface area contributed by atoms with Crippen LogP contribution in [0.3, 0.4) is 0 Å². The van der Waals surface area contributed by atoms with Gasteiger partial charge in [0.1, 0.15) is 11.5 Å². The van der Waals surface area contributed by atoms with Crippen molar-refractivity contribution in [3.05, 3.63) is 53.4 Å². The number of benzene rings is 1. The van der Waals surface area contributed by atoms with Crippen molar-refractivity contribution >= 4 is 35.0 Å². The topological polar surface area (TPSA) is 85.3 Å². The Kier molecular flexibility index (Phi) is 6.31. The SMILES string of the molecule is CCn1c(SCC(=O)N/N=C(\C)c2ccco2)nnc1-c1ccc(Cl)cc1. The molecule has 0 aliphatic heterocycles. The van der Waals surface area contributed by atoms with E-state index in [0.29, 0.717) is 28.2 Å². The van der Waals surface area contributed by atoms with E-state index in [0.717, 1.165) is 11.4 Å². The summed E-state index contributed by atoms with van der Waals surface area (Å²) in [5.41, 5.74) is 4.04. The van der Waals surface area contributed by atoms with Gasteiger partial charge in [-0.25, -0.2) is 5.43 Å². The number of nitrogens with one attached hydrogen (secondary N) is 1. The van der Waals surface area contributed by atoms with Crippen molar-refractivity contribution in [3.63, 3.8) is 0 Å². The molecular formula is C18H18ClN5O2S. The van der Waals surface area contributed by atoms with Gasteiger partial charge in [0.2, 0.25) is 0 Å². The van der Waals surface area contributed by atoms with Crippen LogP contribution in [-0.4, -0.2) is 32.1 Å². The number of halogens is 1. The van der Waals surface area contributed by atoms with Crippen LogP contribution < -0.4 is 5.43 Å². The molecule has 1 N–H and O–H groups in total. The first-order chi connectivity index (χ1) is 13.1. The van der Waals surface area contributed by atoms with Crippen molar-refractivity contribution in [2.45, 2.75) is 25.5 Å². The molecule has 0 atom stereocenters. The van der Waals surface area contributed by atoms with E-state index in [2.05, 4.69) is 20.7 Å². The molecule has 27 heavy (non-hydrogen) atoms. The van der Waals surface area contributed by atoms with Crippen molar-refractivity contribution in [3.8, 4) is 11.4 Å². The summed E-state index contributed by atoms with van der Waals surface area (Å²) in [5, 5.41) is 13.8. The van der Waals surface area contributed by atoms with Crippen LogP contribution in [0, 0.1) is 0 Å². The third kappa shape index (κ3) is 4.78. The van der Waals surface area contributed by atoms with Gasteiger partial charge in [0, 0.05) is 17.1 Å². The number of aromatic nitrogens is 3. The number of furan rings is 1. The van der Waals surface area contributed by atoms with Gasteiger partial charge in [-0.05, 0) is 50.2 Å². The maximum absolute atomic E-state index is 12.1. The lowest BCUT2D eigenvalue weighted by atomic mass is 10.2. The molecule has 140 valence electrons. The Labute approximate surface area is 165 Å². The summed E-state index contributed by atoms with van der Waals surface area (Å²) in [7, 11) is 0. The predicted molar refractivity (Wildman–Crippen MR) is 106 cm³/mol. The second-order valence-electron chi connectivity index (χ2n) is 5.56. The van der Waals surface area contributed by atoms with Gasteiger partial charge in [-0.15, -0.1) is 10.2 Å². The molecule has 0 aliphatic carbocycles. The van der Waals surface area contributed by atoms with E-state index in [9.17, 15) is 4.79 Å². The monoisotopic (exact) mass is 403 g/mol. The van der Waals surface area contributed by atoms with E-state index in [1.807, 2.05) is 35.8 Å². The molecular weight excluding hydrogens is 386 g/mol. The van der Waals surface area contributed by atoms with Crippen molar-refractivity contribution < 1.29 is 9.21 Å². The van der Waals surface area contributed by atoms with Crippen LogP contribution in [0.2, 0.25) is 5.02 Å². The van der Waals surface area contributed by atoms with Gasteiger partial charge in [-0.3, -0.25) is 4.79 Å². The summed E-state index contributed by atoms with van der Waals surface area (Å²) in [6, 6.07) is 11.0. The van der Waals surface area contributed by atoms with E-state index >= 15 is 0 Å². The lowest BCUT2D eigenvalue weighted by molar-refractivity contribution is -0.118. The molecule has 0 saturated carbocycles. The lowest BCUT2D eigenvalue weighted by Crippen LogP contribution is -2.21. The molecule has 2 heterocycles. The summed E-state index contributed by atoms with van der Waals surface area (Å²) in [5.74, 6) is 1.29. The number of rotatable bonds is 7. The Morgan fingerprint density at radius 3 is 2.74 bits per heavy atom. The van der Waals surface area contributed by atoms with E-state index < -0.39 is 0 Å². The highest BCUT2D eigenvalue weighted by atomic mass is 35.5. The molecule has 0 unspecified atom stereocenters. The maximum Gasteiger partial charge on any atom is 0.250 e. The third-order valence-electron chi connectivity index (χ3n) is 3.69. The van der Waals surface area contributed by atoms with Crippen LogP contribution in [0.4, 0.5) is 0 Å². The third-order valence-corrected chi connectivity index (χ3v) is 4.91. The van der Waals surface area contributed by atoms with Crippen LogP contribution >= 0.6 is 23.4 Å². The number of hydrogen-bond donors (Lipinski definition) is 1. The first-order valence-electron chi connectivity index (χ1n) is 8.27. The molecule has 1 aromatic carbocycles. The van der Waals surface area contributed by atoms with Gasteiger partial charge >= 0.3 is 0 Å². The van der Waals surface area contributed by atoms with Crippen LogP contribution in [-0.2, 0) is 11.3 Å². The molecule has 0 aliphatic rings. The Balaban J connectivity index is 1.63. The van der Waals surface area contributed by atoms with Crippen molar-refractivity contribution in [2.75, 3.05) is 5.75 Å². The Bertz CT molecular complexity index is 935. The lowest BCUT2D eigenvalue weighted by Gasteiger charge is -2.07. The van der Waals surface area contributed by atoms with E-state index in [-0.39, 0.29) is 11.7 Å². The average Bonchev–Trinajstić information content (AvgIpc) is 3.34. The smallest absolute Gasteiger partial charge is 0.250 e. The number of thioether (sulfide) groups is 1. The molecule has 0 spiro atoms. The minimum atomic E-state index is -0.232. The van der Waals surface area contributed by atoms with Gasteiger partial charge in [-0.2, -0.15) is 5.10 Å². The number of amides is 1. The summed E-state index contributed by atoms with van der Waals surface area (Å²) in [4.78, 5) is 12.1. The summed E-state index contributed by atoms with van der Waals surface area (Å²) < 4.78 is 7.18. The predicted octanol–water partition coefficient (Wildman–Crippen LogP) is 3.84. The van der Waals surface area contributed by atoms with E-state index in [1.165, 1.54) is 11.8 Å².